The number of hydrogen-bond donors (Lipinski definition) is 3. The number of hydrogen-bond acceptors (Lipinski definition) is 3. The first kappa shape index (κ1) is 11.9. The first-order valence-corrected chi connectivity index (χ1v) is 6.04. The molecule has 1 unspecified atom stereocenters. The molecule has 4 N–H and O–H groups in total. The second-order valence-corrected chi connectivity index (χ2v) is 4.57. The highest BCUT2D eigenvalue weighted by molar-refractivity contribution is 5.94. The predicted octanol–water partition coefficient (Wildman–Crippen LogP) is 1.26. The number of carbonyl (C=O) groups is 1. The third-order valence-electron chi connectivity index (χ3n) is 3.21. The van der Waals surface area contributed by atoms with Crippen LogP contribution in [-0.2, 0) is 0 Å². The topological polar surface area (TPSA) is 67.2 Å². The van der Waals surface area contributed by atoms with Gasteiger partial charge in [0, 0.05) is 23.8 Å². The van der Waals surface area contributed by atoms with Crippen molar-refractivity contribution in [2.75, 3.05) is 18.4 Å². The standard InChI is InChI=1S/C13H19N3O/c1-9-7-10(4-5-12(9)13(14)17)16-8-11-3-2-6-15-11/h4-5,7,11,15-16H,2-3,6,8H2,1H3,(H2,14,17). The molecule has 1 aromatic rings. The third kappa shape index (κ3) is 2.97. The maximum absolute atomic E-state index is 11.1. The zero-order chi connectivity index (χ0) is 12.3. The van der Waals surface area contributed by atoms with Gasteiger partial charge in [0.1, 0.15) is 0 Å². The second-order valence-electron chi connectivity index (χ2n) is 4.57. The molecule has 0 bridgehead atoms. The van der Waals surface area contributed by atoms with E-state index in [4.69, 9.17) is 5.73 Å². The molecule has 1 aliphatic heterocycles. The van der Waals surface area contributed by atoms with Crippen LogP contribution < -0.4 is 16.4 Å². The number of anilines is 1. The molecule has 0 saturated carbocycles. The Labute approximate surface area is 102 Å². The van der Waals surface area contributed by atoms with Gasteiger partial charge < -0.3 is 16.4 Å². The van der Waals surface area contributed by atoms with E-state index < -0.39 is 0 Å². The summed E-state index contributed by atoms with van der Waals surface area (Å²) < 4.78 is 0. The molecule has 2 rings (SSSR count). The molecule has 17 heavy (non-hydrogen) atoms. The average molecular weight is 233 g/mol. The van der Waals surface area contributed by atoms with Crippen molar-refractivity contribution in [3.05, 3.63) is 29.3 Å². The summed E-state index contributed by atoms with van der Waals surface area (Å²) in [7, 11) is 0. The SMILES string of the molecule is Cc1cc(NCC2CCCN2)ccc1C(N)=O. The molecule has 0 aromatic heterocycles. The van der Waals surface area contributed by atoms with Gasteiger partial charge in [0.05, 0.1) is 0 Å². The van der Waals surface area contributed by atoms with Crippen molar-refractivity contribution in [2.24, 2.45) is 5.73 Å². The summed E-state index contributed by atoms with van der Waals surface area (Å²) >= 11 is 0. The average Bonchev–Trinajstić information content (AvgIpc) is 2.78. The number of primary amides is 1. The van der Waals surface area contributed by atoms with Gasteiger partial charge in [0.25, 0.3) is 0 Å². The van der Waals surface area contributed by atoms with E-state index in [1.54, 1.807) is 6.07 Å². The van der Waals surface area contributed by atoms with Crippen LogP contribution in [0.15, 0.2) is 18.2 Å². The highest BCUT2D eigenvalue weighted by atomic mass is 16.1. The fraction of sp³-hybridized carbons (Fsp3) is 0.462. The fourth-order valence-corrected chi connectivity index (χ4v) is 2.22. The molecule has 4 heteroatoms. The van der Waals surface area contributed by atoms with Crippen LogP contribution in [0.4, 0.5) is 5.69 Å². The lowest BCUT2D eigenvalue weighted by atomic mass is 10.1. The molecule has 1 aromatic carbocycles. The van der Waals surface area contributed by atoms with Gasteiger partial charge in [-0.05, 0) is 50.1 Å². The number of nitrogens with two attached hydrogens (primary N) is 1. The molecule has 0 aliphatic carbocycles. The van der Waals surface area contributed by atoms with E-state index in [0.29, 0.717) is 11.6 Å². The van der Waals surface area contributed by atoms with E-state index in [1.807, 2.05) is 19.1 Å². The summed E-state index contributed by atoms with van der Waals surface area (Å²) in [5, 5.41) is 6.81. The van der Waals surface area contributed by atoms with Gasteiger partial charge in [0.2, 0.25) is 5.91 Å². The number of carbonyl (C=O) groups excluding carboxylic acids is 1. The number of benzene rings is 1. The van der Waals surface area contributed by atoms with E-state index in [1.165, 1.54) is 12.8 Å². The number of rotatable bonds is 4. The lowest BCUT2D eigenvalue weighted by Gasteiger charge is -2.13. The molecule has 0 radical (unpaired) electrons. The van der Waals surface area contributed by atoms with Gasteiger partial charge in [-0.15, -0.1) is 0 Å². The van der Waals surface area contributed by atoms with E-state index in [-0.39, 0.29) is 5.91 Å². The highest BCUT2D eigenvalue weighted by Crippen LogP contribution is 2.15. The van der Waals surface area contributed by atoms with Crippen LogP contribution in [0.3, 0.4) is 0 Å². The molecule has 92 valence electrons. The lowest BCUT2D eigenvalue weighted by molar-refractivity contribution is 0.1000. The van der Waals surface area contributed by atoms with E-state index in [0.717, 1.165) is 24.3 Å². The van der Waals surface area contributed by atoms with Crippen molar-refractivity contribution < 1.29 is 4.79 Å². The molecule has 1 heterocycles. The summed E-state index contributed by atoms with van der Waals surface area (Å²) in [6.07, 6.45) is 2.48. The Hall–Kier alpha value is -1.55. The Morgan fingerprint density at radius 1 is 1.59 bits per heavy atom. The molecule has 4 nitrogen and oxygen atoms in total. The van der Waals surface area contributed by atoms with Gasteiger partial charge in [-0.2, -0.15) is 0 Å². The molecule has 1 fully saturated rings. The van der Waals surface area contributed by atoms with Gasteiger partial charge in [-0.3, -0.25) is 4.79 Å². The van der Waals surface area contributed by atoms with Crippen LogP contribution in [0.5, 0.6) is 0 Å². The summed E-state index contributed by atoms with van der Waals surface area (Å²) in [5.74, 6) is -0.369. The largest absolute Gasteiger partial charge is 0.383 e. The first-order chi connectivity index (χ1) is 8.16. The maximum atomic E-state index is 11.1. The zero-order valence-corrected chi connectivity index (χ0v) is 10.1. The van der Waals surface area contributed by atoms with Crippen molar-refractivity contribution in [1.82, 2.24) is 5.32 Å². The van der Waals surface area contributed by atoms with Gasteiger partial charge in [0.15, 0.2) is 0 Å². The van der Waals surface area contributed by atoms with Crippen LogP contribution in [0, 0.1) is 6.92 Å². The number of amides is 1. The lowest BCUT2D eigenvalue weighted by Crippen LogP contribution is -2.29. The van der Waals surface area contributed by atoms with Crippen LogP contribution in [0.1, 0.15) is 28.8 Å². The van der Waals surface area contributed by atoms with Gasteiger partial charge in [-0.1, -0.05) is 0 Å². The Kier molecular flexibility index (Phi) is 3.64. The molecule has 1 atom stereocenters. The minimum Gasteiger partial charge on any atom is -0.383 e. The van der Waals surface area contributed by atoms with Crippen molar-refractivity contribution in [2.45, 2.75) is 25.8 Å². The Morgan fingerprint density at radius 2 is 2.41 bits per heavy atom. The number of aryl methyl sites for hydroxylation is 1. The van der Waals surface area contributed by atoms with E-state index >= 15 is 0 Å². The van der Waals surface area contributed by atoms with Gasteiger partial charge in [-0.25, -0.2) is 0 Å². The van der Waals surface area contributed by atoms with Crippen LogP contribution in [-0.4, -0.2) is 25.0 Å². The Bertz CT molecular complexity index is 411. The third-order valence-corrected chi connectivity index (χ3v) is 3.21. The second kappa shape index (κ2) is 5.19. The molecule has 1 aliphatic rings. The summed E-state index contributed by atoms with van der Waals surface area (Å²) in [6, 6.07) is 6.21. The molecular formula is C13H19N3O. The Balaban J connectivity index is 1.97. The smallest absolute Gasteiger partial charge is 0.248 e. The minimum absolute atomic E-state index is 0.369. The van der Waals surface area contributed by atoms with Crippen LogP contribution in [0.2, 0.25) is 0 Å². The first-order valence-electron chi connectivity index (χ1n) is 6.04. The zero-order valence-electron chi connectivity index (χ0n) is 10.1. The van der Waals surface area contributed by atoms with Crippen molar-refractivity contribution in [1.29, 1.82) is 0 Å². The molecule has 1 amide bonds. The van der Waals surface area contributed by atoms with Crippen molar-refractivity contribution in [3.8, 4) is 0 Å². The molecule has 0 spiro atoms. The number of nitrogens with one attached hydrogen (secondary N) is 2. The minimum atomic E-state index is -0.369. The summed E-state index contributed by atoms with van der Waals surface area (Å²) in [6.45, 7) is 3.94. The van der Waals surface area contributed by atoms with E-state index in [2.05, 4.69) is 10.6 Å². The molecule has 1 saturated heterocycles. The van der Waals surface area contributed by atoms with Crippen molar-refractivity contribution >= 4 is 11.6 Å². The summed E-state index contributed by atoms with van der Waals surface area (Å²) in [4.78, 5) is 11.1. The van der Waals surface area contributed by atoms with Gasteiger partial charge >= 0.3 is 0 Å². The molecular weight excluding hydrogens is 214 g/mol. The fourth-order valence-electron chi connectivity index (χ4n) is 2.22. The monoisotopic (exact) mass is 233 g/mol. The summed E-state index contributed by atoms with van der Waals surface area (Å²) in [5.41, 5.74) is 7.82. The van der Waals surface area contributed by atoms with Crippen LogP contribution >= 0.6 is 0 Å². The quantitative estimate of drug-likeness (QED) is 0.733. The highest BCUT2D eigenvalue weighted by Gasteiger charge is 2.13. The van der Waals surface area contributed by atoms with Crippen LogP contribution in [0.25, 0.3) is 0 Å². The van der Waals surface area contributed by atoms with Crippen molar-refractivity contribution in [3.63, 3.8) is 0 Å². The Morgan fingerprint density at radius 3 is 3.00 bits per heavy atom. The normalized spacial score (nSPS) is 19.2. The van der Waals surface area contributed by atoms with E-state index in [9.17, 15) is 4.79 Å². The maximum Gasteiger partial charge on any atom is 0.248 e. The predicted molar refractivity (Wildman–Crippen MR) is 69.2 cm³/mol.